The van der Waals surface area contributed by atoms with Gasteiger partial charge in [0.05, 0.1) is 6.61 Å². The lowest BCUT2D eigenvalue weighted by Gasteiger charge is -2.18. The van der Waals surface area contributed by atoms with E-state index >= 15 is 0 Å². The maximum atomic E-state index is 11.3. The molecule has 32 heavy (non-hydrogen) atoms. The Kier molecular flexibility index (Phi) is 17.9. The summed E-state index contributed by atoms with van der Waals surface area (Å²) < 4.78 is 5.75. The van der Waals surface area contributed by atoms with E-state index in [-0.39, 0.29) is 10.7 Å². The molecule has 0 spiro atoms. The van der Waals surface area contributed by atoms with Gasteiger partial charge >= 0.3 is 0 Å². The molecule has 1 aromatic carbocycles. The average Bonchev–Trinajstić information content (AvgIpc) is 2.78. The van der Waals surface area contributed by atoms with Crippen LogP contribution in [-0.4, -0.2) is 11.8 Å². The van der Waals surface area contributed by atoms with Crippen LogP contribution in [-0.2, 0) is 16.1 Å². The van der Waals surface area contributed by atoms with Gasteiger partial charge < -0.3 is 4.74 Å². The van der Waals surface area contributed by atoms with Gasteiger partial charge in [-0.25, -0.2) is 0 Å². The monoisotopic (exact) mass is 464 g/mol. The van der Waals surface area contributed by atoms with Crippen LogP contribution < -0.4 is 0 Å². The SMILES string of the molecule is CC(C)(CCCCCCCCCCCCCCCCCCOCc1ccccc1)C(=O)Cl. The number of carbonyl (C=O) groups excluding carboxylic acids is 1. The number of ether oxygens (including phenoxy) is 1. The fourth-order valence-electron chi connectivity index (χ4n) is 4.11. The maximum absolute atomic E-state index is 11.3. The van der Waals surface area contributed by atoms with Crippen LogP contribution in [0.4, 0.5) is 0 Å². The van der Waals surface area contributed by atoms with Crippen molar-refractivity contribution in [1.29, 1.82) is 0 Å². The first-order valence-corrected chi connectivity index (χ1v) is 13.7. The number of hydrogen-bond acceptors (Lipinski definition) is 2. The molecule has 0 fully saturated rings. The van der Waals surface area contributed by atoms with E-state index in [1.807, 2.05) is 19.9 Å². The minimum absolute atomic E-state index is 0.197. The van der Waals surface area contributed by atoms with Crippen molar-refractivity contribution in [2.24, 2.45) is 5.41 Å². The maximum Gasteiger partial charge on any atom is 0.227 e. The number of carbonyl (C=O) groups is 1. The summed E-state index contributed by atoms with van der Waals surface area (Å²) in [5.41, 5.74) is 0.921. The second-order valence-corrected chi connectivity index (χ2v) is 10.4. The van der Waals surface area contributed by atoms with Gasteiger partial charge in [-0.3, -0.25) is 4.79 Å². The number of rotatable bonds is 22. The van der Waals surface area contributed by atoms with Gasteiger partial charge in [-0.2, -0.15) is 0 Å². The molecule has 3 heteroatoms. The topological polar surface area (TPSA) is 26.3 Å². The Morgan fingerprint density at radius 1 is 0.688 bits per heavy atom. The first-order valence-electron chi connectivity index (χ1n) is 13.3. The van der Waals surface area contributed by atoms with Crippen molar-refractivity contribution in [3.63, 3.8) is 0 Å². The van der Waals surface area contributed by atoms with Crippen molar-refractivity contribution in [3.8, 4) is 0 Å². The summed E-state index contributed by atoms with van der Waals surface area (Å²) in [6.45, 7) is 5.54. The van der Waals surface area contributed by atoms with Gasteiger partial charge in [0.2, 0.25) is 5.24 Å². The van der Waals surface area contributed by atoms with E-state index in [9.17, 15) is 4.79 Å². The summed E-state index contributed by atoms with van der Waals surface area (Å²) in [7, 11) is 0. The van der Waals surface area contributed by atoms with Gasteiger partial charge in [0.25, 0.3) is 0 Å². The van der Waals surface area contributed by atoms with Crippen molar-refractivity contribution in [2.45, 2.75) is 130 Å². The van der Waals surface area contributed by atoms with E-state index in [0.717, 1.165) is 26.1 Å². The van der Waals surface area contributed by atoms with Crippen molar-refractivity contribution < 1.29 is 9.53 Å². The van der Waals surface area contributed by atoms with Gasteiger partial charge in [0.1, 0.15) is 0 Å². The zero-order chi connectivity index (χ0) is 23.3. The lowest BCUT2D eigenvalue weighted by Crippen LogP contribution is -2.18. The fraction of sp³-hybridized carbons (Fsp3) is 0.759. The van der Waals surface area contributed by atoms with Gasteiger partial charge in [0, 0.05) is 12.0 Å². The fourth-order valence-corrected chi connectivity index (χ4v) is 4.20. The summed E-state index contributed by atoms with van der Waals surface area (Å²) in [5.74, 6) is 0. The molecule has 0 saturated heterocycles. The largest absolute Gasteiger partial charge is 0.377 e. The zero-order valence-corrected chi connectivity index (χ0v) is 21.8. The lowest BCUT2D eigenvalue weighted by atomic mass is 9.88. The Labute approximate surface area is 203 Å². The zero-order valence-electron chi connectivity index (χ0n) is 21.0. The standard InChI is InChI=1S/C29H49ClO2/c1-29(2,28(30)31)24-20-15-13-11-9-7-5-3-4-6-8-10-12-14-16-21-25-32-26-27-22-18-17-19-23-27/h17-19,22-23H,3-16,20-21,24-26H2,1-2H3. The van der Waals surface area contributed by atoms with Crippen molar-refractivity contribution in [1.82, 2.24) is 0 Å². The van der Waals surface area contributed by atoms with Gasteiger partial charge in [0.15, 0.2) is 0 Å². The molecule has 2 nitrogen and oxygen atoms in total. The quantitative estimate of drug-likeness (QED) is 0.126. The van der Waals surface area contributed by atoms with Gasteiger partial charge in [-0.05, 0) is 30.0 Å². The molecular formula is C29H49ClO2. The lowest BCUT2D eigenvalue weighted by molar-refractivity contribution is -0.119. The summed E-state index contributed by atoms with van der Waals surface area (Å²) in [4.78, 5) is 11.3. The Bertz CT molecular complexity index is 556. The highest BCUT2D eigenvalue weighted by Gasteiger charge is 2.24. The average molecular weight is 465 g/mol. The van der Waals surface area contributed by atoms with Crippen LogP contribution in [0.3, 0.4) is 0 Å². The Morgan fingerprint density at radius 2 is 1.09 bits per heavy atom. The second kappa shape index (κ2) is 19.6. The Balaban J connectivity index is 1.71. The minimum atomic E-state index is -0.348. The number of halogens is 1. The summed E-state index contributed by atoms with van der Waals surface area (Å²) in [6.07, 6.45) is 22.3. The predicted molar refractivity (Wildman–Crippen MR) is 139 cm³/mol. The highest BCUT2D eigenvalue weighted by atomic mass is 35.5. The van der Waals surface area contributed by atoms with E-state index in [0.29, 0.717) is 0 Å². The van der Waals surface area contributed by atoms with Crippen LogP contribution in [0.15, 0.2) is 30.3 Å². The molecule has 184 valence electrons. The minimum Gasteiger partial charge on any atom is -0.377 e. The molecule has 0 heterocycles. The van der Waals surface area contributed by atoms with Crippen LogP contribution >= 0.6 is 11.6 Å². The molecule has 0 bridgehead atoms. The normalized spacial score (nSPS) is 11.7. The molecule has 0 aliphatic carbocycles. The molecule has 1 aromatic rings. The second-order valence-electron chi connectivity index (χ2n) is 10.1. The smallest absolute Gasteiger partial charge is 0.227 e. The van der Waals surface area contributed by atoms with Crippen LogP contribution in [0.2, 0.25) is 0 Å². The van der Waals surface area contributed by atoms with E-state index in [1.165, 1.54) is 102 Å². The molecule has 0 aliphatic rings. The third kappa shape index (κ3) is 16.7. The highest BCUT2D eigenvalue weighted by molar-refractivity contribution is 6.64. The molecular weight excluding hydrogens is 416 g/mol. The van der Waals surface area contributed by atoms with Crippen molar-refractivity contribution in [3.05, 3.63) is 35.9 Å². The van der Waals surface area contributed by atoms with Gasteiger partial charge in [-0.1, -0.05) is 140 Å². The Hall–Kier alpha value is -0.860. The number of hydrogen-bond donors (Lipinski definition) is 0. The summed E-state index contributed by atoms with van der Waals surface area (Å²) in [6, 6.07) is 10.4. The van der Waals surface area contributed by atoms with Crippen LogP contribution in [0.25, 0.3) is 0 Å². The third-order valence-corrected chi connectivity index (χ3v) is 7.00. The first kappa shape index (κ1) is 29.2. The van der Waals surface area contributed by atoms with E-state index in [2.05, 4.69) is 24.3 Å². The molecule has 1 rings (SSSR count). The van der Waals surface area contributed by atoms with E-state index in [1.54, 1.807) is 0 Å². The molecule has 0 amide bonds. The Morgan fingerprint density at radius 3 is 1.53 bits per heavy atom. The van der Waals surface area contributed by atoms with E-state index in [4.69, 9.17) is 16.3 Å². The molecule has 0 unspecified atom stereocenters. The molecule has 0 aromatic heterocycles. The molecule has 0 atom stereocenters. The van der Waals surface area contributed by atoms with Crippen LogP contribution in [0.5, 0.6) is 0 Å². The molecule has 0 radical (unpaired) electrons. The molecule has 0 N–H and O–H groups in total. The first-order chi connectivity index (χ1) is 15.5. The molecule has 0 saturated carbocycles. The van der Waals surface area contributed by atoms with E-state index < -0.39 is 0 Å². The highest BCUT2D eigenvalue weighted by Crippen LogP contribution is 2.26. The number of unbranched alkanes of at least 4 members (excludes halogenated alkanes) is 15. The number of benzene rings is 1. The van der Waals surface area contributed by atoms with Crippen LogP contribution in [0.1, 0.15) is 129 Å². The van der Waals surface area contributed by atoms with Gasteiger partial charge in [-0.15, -0.1) is 0 Å². The third-order valence-electron chi connectivity index (χ3n) is 6.48. The summed E-state index contributed by atoms with van der Waals surface area (Å²) in [5, 5.41) is -0.197. The van der Waals surface area contributed by atoms with Crippen molar-refractivity contribution in [2.75, 3.05) is 6.61 Å². The van der Waals surface area contributed by atoms with Crippen LogP contribution in [0, 0.1) is 5.41 Å². The summed E-state index contributed by atoms with van der Waals surface area (Å²) >= 11 is 5.63. The van der Waals surface area contributed by atoms with Crippen molar-refractivity contribution >= 4 is 16.8 Å². The predicted octanol–water partition coefficient (Wildman–Crippen LogP) is 9.63. The molecule has 0 aliphatic heterocycles.